The Morgan fingerprint density at radius 1 is 1.59 bits per heavy atom. The maximum Gasteiger partial charge on any atom is 0.267 e. The van der Waals surface area contributed by atoms with Gasteiger partial charge in [0.25, 0.3) is 5.79 Å². The van der Waals surface area contributed by atoms with Crippen molar-refractivity contribution in [2.45, 2.75) is 51.7 Å². The van der Waals surface area contributed by atoms with E-state index in [1.54, 1.807) is 19.9 Å². The van der Waals surface area contributed by atoms with Crippen LogP contribution in [0.15, 0.2) is 11.6 Å². The lowest BCUT2D eigenvalue weighted by atomic mass is 10.0. The summed E-state index contributed by atoms with van der Waals surface area (Å²) in [7, 11) is 1.44. The first-order chi connectivity index (χ1) is 7.89. The van der Waals surface area contributed by atoms with Gasteiger partial charge in [-0.2, -0.15) is 0 Å². The molecule has 5 heteroatoms. The van der Waals surface area contributed by atoms with Crippen LogP contribution in [0.3, 0.4) is 0 Å². The molecule has 0 aromatic heterocycles. The molecule has 0 saturated carbocycles. The number of methoxy groups -OCH3 is 1. The predicted molar refractivity (Wildman–Crippen MR) is 64.9 cm³/mol. The van der Waals surface area contributed by atoms with Crippen molar-refractivity contribution in [1.29, 1.82) is 0 Å². The molecule has 1 aliphatic carbocycles. The van der Waals surface area contributed by atoms with Crippen LogP contribution < -0.4 is 0 Å². The molecule has 0 aromatic rings. The Balaban J connectivity index is 3.16. The van der Waals surface area contributed by atoms with E-state index in [9.17, 15) is 10.3 Å². The average molecular weight is 243 g/mol. The van der Waals surface area contributed by atoms with Gasteiger partial charge in [0.1, 0.15) is 12.3 Å². The Bertz CT molecular complexity index is 337. The maximum atomic E-state index is 11.9. The Morgan fingerprint density at radius 2 is 2.18 bits per heavy atom. The van der Waals surface area contributed by atoms with Gasteiger partial charge in [-0.1, -0.05) is 0 Å². The van der Waals surface area contributed by atoms with E-state index in [4.69, 9.17) is 9.47 Å². The van der Waals surface area contributed by atoms with E-state index in [0.29, 0.717) is 0 Å². The summed E-state index contributed by atoms with van der Waals surface area (Å²) in [5.41, 5.74) is 0.744. The molecule has 1 aliphatic rings. The van der Waals surface area contributed by atoms with Gasteiger partial charge < -0.3 is 19.8 Å². The minimum Gasteiger partial charge on any atom is -0.623 e. The molecule has 0 unspecified atom stereocenters. The number of aliphatic hydroxyl groups is 1. The predicted octanol–water partition coefficient (Wildman–Crippen LogP) is 1.04. The topological polar surface area (TPSA) is 64.8 Å². The first-order valence-corrected chi connectivity index (χ1v) is 5.73. The van der Waals surface area contributed by atoms with E-state index in [-0.39, 0.29) is 6.10 Å². The fourth-order valence-electron chi connectivity index (χ4n) is 2.25. The second-order valence-electron chi connectivity index (χ2n) is 4.47. The molecule has 17 heavy (non-hydrogen) atoms. The molecule has 1 rings (SSSR count). The van der Waals surface area contributed by atoms with Gasteiger partial charge in [0, 0.05) is 14.0 Å². The number of hydrogen-bond acceptors (Lipinski definition) is 4. The van der Waals surface area contributed by atoms with Gasteiger partial charge in [-0.15, -0.1) is 0 Å². The molecule has 98 valence electrons. The van der Waals surface area contributed by atoms with Crippen molar-refractivity contribution in [3.05, 3.63) is 16.9 Å². The van der Waals surface area contributed by atoms with Crippen molar-refractivity contribution in [3.8, 4) is 0 Å². The Kier molecular flexibility index (Phi) is 4.30. The molecule has 0 radical (unpaired) electrons. The van der Waals surface area contributed by atoms with Crippen LogP contribution in [-0.4, -0.2) is 47.2 Å². The molecular weight excluding hydrogens is 222 g/mol. The van der Waals surface area contributed by atoms with E-state index in [2.05, 4.69) is 0 Å². The second-order valence-corrected chi connectivity index (χ2v) is 4.47. The molecule has 5 nitrogen and oxygen atoms in total. The first-order valence-electron chi connectivity index (χ1n) is 5.73. The van der Waals surface area contributed by atoms with Crippen molar-refractivity contribution in [2.24, 2.45) is 0 Å². The van der Waals surface area contributed by atoms with Gasteiger partial charge in [0.2, 0.25) is 6.04 Å². The molecule has 0 aliphatic heterocycles. The van der Waals surface area contributed by atoms with Crippen molar-refractivity contribution >= 4 is 6.21 Å². The fourth-order valence-corrected chi connectivity index (χ4v) is 2.25. The number of hydroxylamine groups is 1. The Labute approximate surface area is 102 Å². The van der Waals surface area contributed by atoms with Crippen molar-refractivity contribution in [2.75, 3.05) is 7.11 Å². The normalized spacial score (nSPS) is 34.3. The lowest BCUT2D eigenvalue weighted by Gasteiger charge is -2.36. The molecule has 0 aromatic carbocycles. The molecule has 0 saturated heterocycles. The summed E-state index contributed by atoms with van der Waals surface area (Å²) in [5, 5.41) is 21.9. The summed E-state index contributed by atoms with van der Waals surface area (Å²) in [6, 6.07) is -0.658. The quantitative estimate of drug-likeness (QED) is 0.200. The van der Waals surface area contributed by atoms with E-state index in [1.807, 2.05) is 13.8 Å². The number of rotatable bonds is 4. The van der Waals surface area contributed by atoms with Gasteiger partial charge in [-0.25, -0.2) is 4.74 Å². The van der Waals surface area contributed by atoms with Crippen molar-refractivity contribution < 1.29 is 19.3 Å². The number of hydrogen-bond donors (Lipinski definition) is 1. The number of nitrogens with zero attached hydrogens (tertiary/aromatic N) is 1. The molecule has 0 fully saturated rings. The van der Waals surface area contributed by atoms with Crippen LogP contribution in [0, 0.1) is 5.21 Å². The minimum atomic E-state index is -1.33. The third-order valence-corrected chi connectivity index (χ3v) is 2.89. The molecule has 0 bridgehead atoms. The highest BCUT2D eigenvalue weighted by atomic mass is 16.7. The smallest absolute Gasteiger partial charge is 0.267 e. The Hall–Kier alpha value is -0.910. The van der Waals surface area contributed by atoms with E-state index < -0.39 is 17.9 Å². The van der Waals surface area contributed by atoms with E-state index in [0.717, 1.165) is 10.3 Å². The van der Waals surface area contributed by atoms with Crippen LogP contribution >= 0.6 is 0 Å². The van der Waals surface area contributed by atoms with E-state index >= 15 is 0 Å². The highest BCUT2D eigenvalue weighted by molar-refractivity contribution is 5.47. The summed E-state index contributed by atoms with van der Waals surface area (Å²) in [5.74, 6) is -1.33. The van der Waals surface area contributed by atoms with Crippen LogP contribution in [0.2, 0.25) is 0 Å². The van der Waals surface area contributed by atoms with Crippen molar-refractivity contribution in [1.82, 2.24) is 0 Å². The molecule has 0 amide bonds. The highest BCUT2D eigenvalue weighted by Gasteiger charge is 2.57. The molecular formula is C12H21NO4. The monoisotopic (exact) mass is 243 g/mol. The van der Waals surface area contributed by atoms with Gasteiger partial charge >= 0.3 is 0 Å². The van der Waals surface area contributed by atoms with Gasteiger partial charge in [-0.05, 0) is 32.4 Å². The lowest BCUT2D eigenvalue weighted by Crippen LogP contribution is -2.56. The lowest BCUT2D eigenvalue weighted by molar-refractivity contribution is -0.538. The molecule has 0 spiro atoms. The van der Waals surface area contributed by atoms with Crippen LogP contribution in [0.4, 0.5) is 0 Å². The molecule has 1 N–H and O–H groups in total. The zero-order valence-corrected chi connectivity index (χ0v) is 11.0. The molecule has 3 atom stereocenters. The summed E-state index contributed by atoms with van der Waals surface area (Å²) >= 11 is 0. The second kappa shape index (κ2) is 5.16. The third-order valence-electron chi connectivity index (χ3n) is 2.89. The highest BCUT2D eigenvalue weighted by Crippen LogP contribution is 2.36. The average Bonchev–Trinajstić information content (AvgIpc) is 2.49. The third kappa shape index (κ3) is 2.36. The van der Waals surface area contributed by atoms with Crippen molar-refractivity contribution in [3.63, 3.8) is 0 Å². The summed E-state index contributed by atoms with van der Waals surface area (Å²) in [4.78, 5) is 0. The summed E-state index contributed by atoms with van der Waals surface area (Å²) in [6.45, 7) is 7.10. The zero-order chi connectivity index (χ0) is 13.2. The molecule has 0 heterocycles. The minimum absolute atomic E-state index is 0.156. The van der Waals surface area contributed by atoms with Crippen LogP contribution in [0.5, 0.6) is 0 Å². The maximum absolute atomic E-state index is 11.9. The van der Waals surface area contributed by atoms with Crippen LogP contribution in [0.25, 0.3) is 0 Å². The van der Waals surface area contributed by atoms with Gasteiger partial charge in [-0.3, -0.25) is 0 Å². The summed E-state index contributed by atoms with van der Waals surface area (Å²) < 4.78 is 11.8. The standard InChI is InChI=1S/C12H21NO4/c1-6-13(15)11-9(4)7-10(14)12(11,16-5)17-8(2)3/h6-8,10-11,14H,1-5H3/b13-6-/t10-,11+,12-/m1/s1. The number of ether oxygens (including phenoxy) is 2. The van der Waals surface area contributed by atoms with E-state index in [1.165, 1.54) is 13.3 Å². The van der Waals surface area contributed by atoms with Crippen LogP contribution in [0.1, 0.15) is 27.7 Å². The van der Waals surface area contributed by atoms with Gasteiger partial charge in [0.05, 0.1) is 6.10 Å². The first kappa shape index (κ1) is 14.2. The SMILES string of the molecule is C/C=[N+](\[O-])[C@H]1C(C)=C[C@@H](O)[C@@]1(OC)OC(C)C. The zero-order valence-electron chi connectivity index (χ0n) is 11.0. The van der Waals surface area contributed by atoms with Gasteiger partial charge in [0.15, 0.2) is 0 Å². The number of aliphatic hydroxyl groups excluding tert-OH is 1. The fraction of sp³-hybridized carbons (Fsp3) is 0.750. The van der Waals surface area contributed by atoms with Crippen LogP contribution in [-0.2, 0) is 9.47 Å². The Morgan fingerprint density at radius 3 is 2.59 bits per heavy atom. The summed E-state index contributed by atoms with van der Waals surface area (Å²) in [6.07, 6.45) is 1.90. The largest absolute Gasteiger partial charge is 0.623 e.